The number of rotatable bonds is 9. The van der Waals surface area contributed by atoms with Gasteiger partial charge in [-0.05, 0) is 37.4 Å². The predicted octanol–water partition coefficient (Wildman–Crippen LogP) is 2.62. The van der Waals surface area contributed by atoms with Crippen molar-refractivity contribution in [3.8, 4) is 0 Å². The molecular weight excluding hydrogens is 250 g/mol. The van der Waals surface area contributed by atoms with E-state index in [0.717, 1.165) is 44.0 Å². The largest absolute Gasteiger partial charge is 0.316 e. The summed E-state index contributed by atoms with van der Waals surface area (Å²) in [5.41, 5.74) is 0. The summed E-state index contributed by atoms with van der Waals surface area (Å²) in [4.78, 5) is 0. The fraction of sp³-hybridized carbons (Fsp3) is 0.833. The second kappa shape index (κ2) is 8.89. The lowest BCUT2D eigenvalue weighted by molar-refractivity contribution is 0.542. The summed E-state index contributed by atoms with van der Waals surface area (Å²) in [5, 5.41) is 14.3. The minimum Gasteiger partial charge on any atom is -0.316 e. The number of nitrogens with zero attached hydrogens (tertiary/aromatic N) is 2. The Hall–Kier alpha value is -0.130. The van der Waals surface area contributed by atoms with Crippen LogP contribution in [0, 0.1) is 5.92 Å². The van der Waals surface area contributed by atoms with E-state index in [1.807, 2.05) is 11.8 Å². The maximum atomic E-state index is 4.23. The van der Waals surface area contributed by atoms with Crippen molar-refractivity contribution in [3.63, 3.8) is 0 Å². The van der Waals surface area contributed by atoms with Crippen molar-refractivity contribution in [2.24, 2.45) is 5.92 Å². The van der Waals surface area contributed by atoms with Crippen LogP contribution in [0.3, 0.4) is 0 Å². The molecule has 0 saturated heterocycles. The molecule has 98 valence electrons. The van der Waals surface area contributed by atoms with Crippen molar-refractivity contribution < 1.29 is 0 Å². The third kappa shape index (κ3) is 7.01. The average Bonchev–Trinajstić information content (AvgIpc) is 2.73. The summed E-state index contributed by atoms with van der Waals surface area (Å²) in [6.45, 7) is 6.65. The molecule has 1 rings (SSSR count). The van der Waals surface area contributed by atoms with Crippen LogP contribution in [-0.4, -0.2) is 35.3 Å². The molecule has 0 radical (unpaired) electrons. The molecule has 17 heavy (non-hydrogen) atoms. The predicted molar refractivity (Wildman–Crippen MR) is 78.0 cm³/mol. The van der Waals surface area contributed by atoms with Gasteiger partial charge in [0, 0.05) is 12.8 Å². The van der Waals surface area contributed by atoms with E-state index in [1.54, 1.807) is 11.3 Å². The summed E-state index contributed by atoms with van der Waals surface area (Å²) in [6, 6.07) is 0. The summed E-state index contributed by atoms with van der Waals surface area (Å²) >= 11 is 3.64. The Balaban J connectivity index is 2.12. The van der Waals surface area contributed by atoms with Crippen LogP contribution in [0.5, 0.6) is 0 Å². The number of thioether (sulfide) groups is 1. The third-order valence-electron chi connectivity index (χ3n) is 2.33. The smallest absolute Gasteiger partial charge is 0.118 e. The molecule has 0 spiro atoms. The van der Waals surface area contributed by atoms with Crippen LogP contribution in [0.25, 0.3) is 0 Å². The van der Waals surface area contributed by atoms with E-state index in [2.05, 4.69) is 35.6 Å². The zero-order valence-corrected chi connectivity index (χ0v) is 12.7. The molecule has 0 amide bonds. The first kappa shape index (κ1) is 14.9. The Morgan fingerprint density at radius 3 is 2.59 bits per heavy atom. The molecule has 0 aromatic carbocycles. The van der Waals surface area contributed by atoms with Gasteiger partial charge in [0.25, 0.3) is 0 Å². The first-order chi connectivity index (χ1) is 8.22. The second-order valence-corrected chi connectivity index (χ2v) is 6.67. The van der Waals surface area contributed by atoms with Crippen LogP contribution in [0.2, 0.25) is 0 Å². The fourth-order valence-corrected chi connectivity index (χ4v) is 2.85. The van der Waals surface area contributed by atoms with Gasteiger partial charge < -0.3 is 5.32 Å². The van der Waals surface area contributed by atoms with E-state index in [4.69, 9.17) is 0 Å². The van der Waals surface area contributed by atoms with Crippen LogP contribution in [0.4, 0.5) is 0 Å². The second-order valence-electron chi connectivity index (χ2n) is 4.53. The van der Waals surface area contributed by atoms with Gasteiger partial charge in [0.15, 0.2) is 0 Å². The van der Waals surface area contributed by atoms with Crippen molar-refractivity contribution in [3.05, 3.63) is 10.0 Å². The number of aromatic nitrogens is 2. The highest BCUT2D eigenvalue weighted by molar-refractivity contribution is 7.98. The monoisotopic (exact) mass is 273 g/mol. The van der Waals surface area contributed by atoms with E-state index in [0.29, 0.717) is 0 Å². The van der Waals surface area contributed by atoms with Crippen LogP contribution < -0.4 is 5.32 Å². The fourth-order valence-electron chi connectivity index (χ4n) is 1.44. The van der Waals surface area contributed by atoms with Gasteiger partial charge in [-0.15, -0.1) is 21.5 Å². The third-order valence-corrected chi connectivity index (χ3v) is 3.98. The highest BCUT2D eigenvalue weighted by atomic mass is 32.2. The van der Waals surface area contributed by atoms with Gasteiger partial charge in [0.2, 0.25) is 0 Å². The van der Waals surface area contributed by atoms with Gasteiger partial charge in [-0.3, -0.25) is 0 Å². The Morgan fingerprint density at radius 1 is 1.24 bits per heavy atom. The molecule has 0 aliphatic rings. The summed E-state index contributed by atoms with van der Waals surface area (Å²) in [7, 11) is 0. The number of nitrogens with one attached hydrogen (secondary N) is 1. The van der Waals surface area contributed by atoms with Gasteiger partial charge in [-0.2, -0.15) is 11.8 Å². The highest BCUT2D eigenvalue weighted by Gasteiger charge is 2.03. The van der Waals surface area contributed by atoms with Crippen molar-refractivity contribution in [1.29, 1.82) is 0 Å². The highest BCUT2D eigenvalue weighted by Crippen LogP contribution is 2.13. The zero-order chi connectivity index (χ0) is 12.5. The van der Waals surface area contributed by atoms with Crippen molar-refractivity contribution in [2.45, 2.75) is 33.1 Å². The first-order valence-corrected chi connectivity index (χ1v) is 8.44. The molecule has 5 heteroatoms. The molecule has 1 aromatic heterocycles. The van der Waals surface area contributed by atoms with Crippen LogP contribution >= 0.6 is 23.1 Å². The molecule has 0 saturated carbocycles. The van der Waals surface area contributed by atoms with Crippen LogP contribution in [0.1, 0.15) is 30.3 Å². The lowest BCUT2D eigenvalue weighted by atomic mass is 10.2. The van der Waals surface area contributed by atoms with E-state index in [-0.39, 0.29) is 0 Å². The number of aryl methyl sites for hydroxylation is 2. The van der Waals surface area contributed by atoms with Crippen molar-refractivity contribution >= 4 is 23.1 Å². The van der Waals surface area contributed by atoms with E-state index < -0.39 is 0 Å². The normalized spacial score (nSPS) is 11.3. The van der Waals surface area contributed by atoms with Gasteiger partial charge in [-0.1, -0.05) is 13.8 Å². The van der Waals surface area contributed by atoms with Crippen LogP contribution in [-0.2, 0) is 12.8 Å². The molecule has 0 fully saturated rings. The summed E-state index contributed by atoms with van der Waals surface area (Å²) in [6.07, 6.45) is 5.40. The van der Waals surface area contributed by atoms with Gasteiger partial charge >= 0.3 is 0 Å². The maximum absolute atomic E-state index is 4.23. The lowest BCUT2D eigenvalue weighted by Crippen LogP contribution is -2.21. The quantitative estimate of drug-likeness (QED) is 0.702. The number of hydrogen-bond donors (Lipinski definition) is 1. The topological polar surface area (TPSA) is 37.8 Å². The van der Waals surface area contributed by atoms with Crippen LogP contribution in [0.15, 0.2) is 0 Å². The molecule has 0 aliphatic heterocycles. The Kier molecular flexibility index (Phi) is 7.81. The molecule has 1 aromatic rings. The molecular formula is C12H23N3S2. The molecule has 0 atom stereocenters. The molecule has 0 bridgehead atoms. The Labute approximate surface area is 113 Å². The standard InChI is InChI=1S/C12H23N3S2/c1-10(2)9-13-7-4-5-11-14-15-12(17-11)6-8-16-3/h10,13H,4-9H2,1-3H3. The summed E-state index contributed by atoms with van der Waals surface area (Å²) < 4.78 is 0. The minimum atomic E-state index is 0.731. The average molecular weight is 273 g/mol. The zero-order valence-electron chi connectivity index (χ0n) is 11.0. The Bertz CT molecular complexity index is 300. The lowest BCUT2D eigenvalue weighted by Gasteiger charge is -2.05. The molecule has 0 unspecified atom stereocenters. The van der Waals surface area contributed by atoms with Gasteiger partial charge in [0.05, 0.1) is 0 Å². The van der Waals surface area contributed by atoms with E-state index in [1.165, 1.54) is 10.0 Å². The van der Waals surface area contributed by atoms with E-state index >= 15 is 0 Å². The minimum absolute atomic E-state index is 0.731. The van der Waals surface area contributed by atoms with Crippen molar-refractivity contribution in [2.75, 3.05) is 25.1 Å². The summed E-state index contributed by atoms with van der Waals surface area (Å²) in [5.74, 6) is 1.87. The molecule has 1 N–H and O–H groups in total. The van der Waals surface area contributed by atoms with Gasteiger partial charge in [0.1, 0.15) is 10.0 Å². The van der Waals surface area contributed by atoms with E-state index in [9.17, 15) is 0 Å². The molecule has 3 nitrogen and oxygen atoms in total. The number of hydrogen-bond acceptors (Lipinski definition) is 5. The van der Waals surface area contributed by atoms with Gasteiger partial charge in [-0.25, -0.2) is 0 Å². The SMILES string of the molecule is CSCCc1nnc(CCCNCC(C)C)s1. The maximum Gasteiger partial charge on any atom is 0.118 e. The molecule has 1 heterocycles. The Morgan fingerprint density at radius 2 is 1.94 bits per heavy atom. The first-order valence-electron chi connectivity index (χ1n) is 6.23. The molecule has 0 aliphatic carbocycles. The van der Waals surface area contributed by atoms with Crippen molar-refractivity contribution in [1.82, 2.24) is 15.5 Å².